The zero-order valence-electron chi connectivity index (χ0n) is 11.5. The summed E-state index contributed by atoms with van der Waals surface area (Å²) in [6.07, 6.45) is 1.46. The molecule has 1 atom stereocenters. The van der Waals surface area contributed by atoms with Crippen molar-refractivity contribution in [3.63, 3.8) is 0 Å². The van der Waals surface area contributed by atoms with Crippen molar-refractivity contribution in [2.24, 2.45) is 11.7 Å². The van der Waals surface area contributed by atoms with Gasteiger partial charge in [-0.2, -0.15) is 0 Å². The quantitative estimate of drug-likeness (QED) is 0.876. The van der Waals surface area contributed by atoms with E-state index in [9.17, 15) is 4.79 Å². The van der Waals surface area contributed by atoms with Gasteiger partial charge in [0.15, 0.2) is 0 Å². The van der Waals surface area contributed by atoms with Gasteiger partial charge < -0.3 is 15.4 Å². The van der Waals surface area contributed by atoms with Gasteiger partial charge in [0, 0.05) is 13.1 Å². The molecule has 1 fully saturated rings. The third-order valence-electron chi connectivity index (χ3n) is 3.55. The van der Waals surface area contributed by atoms with Gasteiger partial charge in [0.25, 0.3) is 0 Å². The van der Waals surface area contributed by atoms with Crippen LogP contribution in [0.5, 0.6) is 5.75 Å². The summed E-state index contributed by atoms with van der Waals surface area (Å²) >= 11 is 0. The average Bonchev–Trinajstić information content (AvgIpc) is 2.87. The highest BCUT2D eigenvalue weighted by Crippen LogP contribution is 2.16. The summed E-state index contributed by atoms with van der Waals surface area (Å²) < 4.78 is 5.60. The molecule has 4 heteroatoms. The second-order valence-corrected chi connectivity index (χ2v) is 5.15. The number of amides is 1. The molecule has 1 unspecified atom stereocenters. The Morgan fingerprint density at radius 2 is 2.37 bits per heavy atom. The minimum Gasteiger partial charge on any atom is -0.493 e. The third kappa shape index (κ3) is 3.96. The smallest absolute Gasteiger partial charge is 0.226 e. The number of ether oxygens (including phenoxy) is 1. The molecule has 4 nitrogen and oxygen atoms in total. The topological polar surface area (TPSA) is 55.6 Å². The van der Waals surface area contributed by atoms with Crippen molar-refractivity contribution in [1.29, 1.82) is 0 Å². The first kappa shape index (κ1) is 13.9. The first-order valence-electron chi connectivity index (χ1n) is 6.86. The Bertz CT molecular complexity index is 434. The van der Waals surface area contributed by atoms with E-state index in [4.69, 9.17) is 10.5 Å². The summed E-state index contributed by atoms with van der Waals surface area (Å²) in [5.41, 5.74) is 6.79. The van der Waals surface area contributed by atoms with Gasteiger partial charge in [-0.15, -0.1) is 0 Å². The van der Waals surface area contributed by atoms with Gasteiger partial charge in [0.2, 0.25) is 5.91 Å². The van der Waals surface area contributed by atoms with E-state index < -0.39 is 0 Å². The van der Waals surface area contributed by atoms with Crippen LogP contribution in [-0.2, 0) is 4.79 Å². The SMILES string of the molecule is Cc1cccc(OCCC(=O)N2CCC(CN)C2)c1. The number of aryl methyl sites for hydroxylation is 1. The van der Waals surface area contributed by atoms with Crippen molar-refractivity contribution in [3.8, 4) is 5.75 Å². The lowest BCUT2D eigenvalue weighted by Crippen LogP contribution is -2.30. The van der Waals surface area contributed by atoms with Gasteiger partial charge in [-0.1, -0.05) is 12.1 Å². The van der Waals surface area contributed by atoms with Gasteiger partial charge in [0.1, 0.15) is 5.75 Å². The fourth-order valence-corrected chi connectivity index (χ4v) is 2.37. The Labute approximate surface area is 114 Å². The van der Waals surface area contributed by atoms with Crippen molar-refractivity contribution < 1.29 is 9.53 Å². The largest absolute Gasteiger partial charge is 0.493 e. The maximum Gasteiger partial charge on any atom is 0.226 e. The Balaban J connectivity index is 1.72. The summed E-state index contributed by atoms with van der Waals surface area (Å²) in [6.45, 7) is 4.77. The molecule has 0 saturated carbocycles. The van der Waals surface area contributed by atoms with Crippen LogP contribution in [0.15, 0.2) is 24.3 Å². The van der Waals surface area contributed by atoms with E-state index >= 15 is 0 Å². The highest BCUT2D eigenvalue weighted by molar-refractivity contribution is 5.76. The second-order valence-electron chi connectivity index (χ2n) is 5.15. The molecule has 0 aliphatic carbocycles. The van der Waals surface area contributed by atoms with Crippen molar-refractivity contribution in [2.75, 3.05) is 26.2 Å². The number of likely N-dealkylation sites (tertiary alicyclic amines) is 1. The van der Waals surface area contributed by atoms with Crippen LogP contribution in [0.4, 0.5) is 0 Å². The van der Waals surface area contributed by atoms with E-state index in [-0.39, 0.29) is 5.91 Å². The first-order valence-corrected chi connectivity index (χ1v) is 6.86. The van der Waals surface area contributed by atoms with Crippen LogP contribution in [0, 0.1) is 12.8 Å². The number of hydrogen-bond donors (Lipinski definition) is 1. The zero-order valence-corrected chi connectivity index (χ0v) is 11.5. The highest BCUT2D eigenvalue weighted by atomic mass is 16.5. The lowest BCUT2D eigenvalue weighted by molar-refractivity contribution is -0.130. The van der Waals surface area contributed by atoms with Crippen LogP contribution >= 0.6 is 0 Å². The number of hydrogen-bond acceptors (Lipinski definition) is 3. The van der Waals surface area contributed by atoms with Crippen molar-refractivity contribution in [1.82, 2.24) is 4.90 Å². The number of carbonyl (C=O) groups excluding carboxylic acids is 1. The van der Waals surface area contributed by atoms with Crippen LogP contribution < -0.4 is 10.5 Å². The highest BCUT2D eigenvalue weighted by Gasteiger charge is 2.24. The van der Waals surface area contributed by atoms with Crippen LogP contribution in [0.2, 0.25) is 0 Å². The summed E-state index contributed by atoms with van der Waals surface area (Å²) in [6, 6.07) is 7.87. The normalized spacial score (nSPS) is 18.6. The van der Waals surface area contributed by atoms with Crippen LogP contribution in [0.3, 0.4) is 0 Å². The van der Waals surface area contributed by atoms with E-state index in [0.717, 1.165) is 30.8 Å². The second kappa shape index (κ2) is 6.57. The van der Waals surface area contributed by atoms with E-state index in [1.54, 1.807) is 0 Å². The van der Waals surface area contributed by atoms with Crippen LogP contribution in [0.25, 0.3) is 0 Å². The zero-order chi connectivity index (χ0) is 13.7. The van der Waals surface area contributed by atoms with Gasteiger partial charge in [0.05, 0.1) is 13.0 Å². The predicted octanol–water partition coefficient (Wildman–Crippen LogP) is 1.57. The van der Waals surface area contributed by atoms with Crippen molar-refractivity contribution >= 4 is 5.91 Å². The standard InChI is InChI=1S/C15H22N2O2/c1-12-3-2-4-14(9-12)19-8-6-15(18)17-7-5-13(10-16)11-17/h2-4,9,13H,5-8,10-11,16H2,1H3. The number of nitrogens with two attached hydrogens (primary N) is 1. The number of carbonyl (C=O) groups is 1. The number of nitrogens with zero attached hydrogens (tertiary/aromatic N) is 1. The molecule has 1 amide bonds. The van der Waals surface area contributed by atoms with Gasteiger partial charge in [-0.3, -0.25) is 4.79 Å². The summed E-state index contributed by atoms with van der Waals surface area (Å²) in [5, 5.41) is 0. The minimum absolute atomic E-state index is 0.170. The lowest BCUT2D eigenvalue weighted by Gasteiger charge is -2.16. The summed E-state index contributed by atoms with van der Waals surface area (Å²) in [5.74, 6) is 1.47. The van der Waals surface area contributed by atoms with E-state index in [0.29, 0.717) is 25.5 Å². The molecule has 1 aromatic rings. The molecule has 0 aromatic heterocycles. The average molecular weight is 262 g/mol. The maximum absolute atomic E-state index is 12.0. The molecule has 104 valence electrons. The minimum atomic E-state index is 0.170. The molecule has 2 N–H and O–H groups in total. The Morgan fingerprint density at radius 3 is 3.05 bits per heavy atom. The fraction of sp³-hybridized carbons (Fsp3) is 0.533. The molecule has 2 rings (SSSR count). The molecule has 0 bridgehead atoms. The monoisotopic (exact) mass is 262 g/mol. The van der Waals surface area contributed by atoms with E-state index in [2.05, 4.69) is 0 Å². The van der Waals surface area contributed by atoms with Crippen molar-refractivity contribution in [3.05, 3.63) is 29.8 Å². The van der Waals surface area contributed by atoms with Crippen molar-refractivity contribution in [2.45, 2.75) is 19.8 Å². The fourth-order valence-electron chi connectivity index (χ4n) is 2.37. The molecule has 1 aromatic carbocycles. The Hall–Kier alpha value is -1.55. The molecule has 1 saturated heterocycles. The molecule has 1 aliphatic heterocycles. The van der Waals surface area contributed by atoms with Crippen LogP contribution in [0.1, 0.15) is 18.4 Å². The third-order valence-corrected chi connectivity index (χ3v) is 3.55. The Kier molecular flexibility index (Phi) is 4.80. The molecule has 1 heterocycles. The van der Waals surface area contributed by atoms with E-state index in [1.807, 2.05) is 36.1 Å². The van der Waals surface area contributed by atoms with E-state index in [1.165, 1.54) is 0 Å². The molecular weight excluding hydrogens is 240 g/mol. The Morgan fingerprint density at radius 1 is 1.53 bits per heavy atom. The number of rotatable bonds is 5. The predicted molar refractivity (Wildman–Crippen MR) is 75.0 cm³/mol. The lowest BCUT2D eigenvalue weighted by atomic mass is 10.1. The first-order chi connectivity index (χ1) is 9.19. The summed E-state index contributed by atoms with van der Waals surface area (Å²) in [4.78, 5) is 13.9. The summed E-state index contributed by atoms with van der Waals surface area (Å²) in [7, 11) is 0. The molecule has 19 heavy (non-hydrogen) atoms. The van der Waals surface area contributed by atoms with Gasteiger partial charge >= 0.3 is 0 Å². The number of benzene rings is 1. The molecule has 1 aliphatic rings. The molecule has 0 spiro atoms. The van der Waals surface area contributed by atoms with Crippen LogP contribution in [-0.4, -0.2) is 37.0 Å². The van der Waals surface area contributed by atoms with Gasteiger partial charge in [-0.25, -0.2) is 0 Å². The molecule has 0 radical (unpaired) electrons. The maximum atomic E-state index is 12.0. The van der Waals surface area contributed by atoms with Gasteiger partial charge in [-0.05, 0) is 43.5 Å². The molecular formula is C15H22N2O2.